The smallest absolute Gasteiger partial charge is 0.344 e. The van der Waals surface area contributed by atoms with E-state index in [1.165, 1.54) is 13.8 Å². The van der Waals surface area contributed by atoms with Crippen molar-refractivity contribution in [2.75, 3.05) is 0 Å². The second kappa shape index (κ2) is 7.35. The van der Waals surface area contributed by atoms with Gasteiger partial charge < -0.3 is 9.84 Å². The quantitative estimate of drug-likeness (QED) is 0.654. The van der Waals surface area contributed by atoms with Crippen LogP contribution in [0.5, 0.6) is 5.75 Å². The van der Waals surface area contributed by atoms with Crippen LogP contribution in [0, 0.1) is 0 Å². The second-order valence-electron chi connectivity index (χ2n) is 5.03. The highest BCUT2D eigenvalue weighted by molar-refractivity contribution is 5.95. The first kappa shape index (κ1) is 16.4. The Bertz CT molecular complexity index is 735. The largest absolute Gasteiger partial charge is 0.479 e. The van der Waals surface area contributed by atoms with Crippen LogP contribution in [-0.4, -0.2) is 29.2 Å². The van der Waals surface area contributed by atoms with Gasteiger partial charge in [-0.05, 0) is 55.8 Å². The zero-order valence-electron chi connectivity index (χ0n) is 12.9. The molecule has 0 aliphatic carbocycles. The Hall–Kier alpha value is -2.95. The fourth-order valence-corrected chi connectivity index (χ4v) is 1.84. The fourth-order valence-electron chi connectivity index (χ4n) is 1.84. The van der Waals surface area contributed by atoms with Gasteiger partial charge >= 0.3 is 5.97 Å². The van der Waals surface area contributed by atoms with E-state index in [9.17, 15) is 9.59 Å². The molecule has 0 saturated heterocycles. The lowest BCUT2D eigenvalue weighted by molar-refractivity contribution is -0.144. The summed E-state index contributed by atoms with van der Waals surface area (Å²) in [4.78, 5) is 26.4. The number of benzene rings is 2. The summed E-state index contributed by atoms with van der Waals surface area (Å²) in [5.41, 5.74) is 2.15. The van der Waals surface area contributed by atoms with E-state index < -0.39 is 12.1 Å². The molecule has 0 amide bonds. The van der Waals surface area contributed by atoms with Crippen LogP contribution in [0.1, 0.15) is 29.8 Å². The van der Waals surface area contributed by atoms with E-state index in [-0.39, 0.29) is 5.78 Å². The van der Waals surface area contributed by atoms with Crippen LogP contribution in [-0.2, 0) is 4.79 Å². The van der Waals surface area contributed by atoms with Gasteiger partial charge in [0.05, 0.1) is 5.69 Å². The van der Waals surface area contributed by atoms with Crippen molar-refractivity contribution in [3.05, 3.63) is 59.7 Å². The minimum atomic E-state index is -1.01. The van der Waals surface area contributed by atoms with Crippen LogP contribution in [0.2, 0.25) is 0 Å². The maximum atomic E-state index is 11.3. The highest BCUT2D eigenvalue weighted by Crippen LogP contribution is 2.16. The molecule has 1 N–H and O–H groups in total. The van der Waals surface area contributed by atoms with Crippen molar-refractivity contribution < 1.29 is 19.4 Å². The van der Waals surface area contributed by atoms with Gasteiger partial charge in [0, 0.05) is 11.8 Å². The lowest BCUT2D eigenvalue weighted by atomic mass is 10.1. The Balaban J connectivity index is 2.07. The molecular weight excluding hydrogens is 294 g/mol. The van der Waals surface area contributed by atoms with Gasteiger partial charge in [-0.15, -0.1) is 0 Å². The molecule has 1 unspecified atom stereocenters. The molecule has 0 saturated carbocycles. The fraction of sp³-hybridized carbons (Fsp3) is 0.167. The van der Waals surface area contributed by atoms with E-state index in [2.05, 4.69) is 4.99 Å². The van der Waals surface area contributed by atoms with Crippen LogP contribution < -0.4 is 4.74 Å². The molecule has 2 aromatic carbocycles. The van der Waals surface area contributed by atoms with Crippen molar-refractivity contribution in [1.29, 1.82) is 0 Å². The third kappa shape index (κ3) is 4.78. The van der Waals surface area contributed by atoms with E-state index in [0.717, 1.165) is 5.56 Å². The second-order valence-corrected chi connectivity index (χ2v) is 5.03. The molecule has 0 spiro atoms. The number of nitrogens with zero attached hydrogens (tertiary/aromatic N) is 1. The molecule has 5 nitrogen and oxygen atoms in total. The molecule has 0 fully saturated rings. The van der Waals surface area contributed by atoms with Crippen molar-refractivity contribution >= 4 is 23.7 Å². The summed E-state index contributed by atoms with van der Waals surface area (Å²) in [6.45, 7) is 2.99. The number of carbonyl (C=O) groups excluding carboxylic acids is 1. The molecule has 0 aliphatic rings. The average Bonchev–Trinajstić information content (AvgIpc) is 2.54. The topological polar surface area (TPSA) is 76.0 Å². The van der Waals surface area contributed by atoms with Crippen molar-refractivity contribution in [2.45, 2.75) is 20.0 Å². The highest BCUT2D eigenvalue weighted by Gasteiger charge is 2.11. The zero-order valence-corrected chi connectivity index (χ0v) is 12.9. The Labute approximate surface area is 134 Å². The number of rotatable bonds is 6. The summed E-state index contributed by atoms with van der Waals surface area (Å²) in [6, 6.07) is 14.0. The average molecular weight is 311 g/mol. The number of aliphatic imine (C=N–C) groups is 1. The first-order valence-corrected chi connectivity index (χ1v) is 7.10. The van der Waals surface area contributed by atoms with Gasteiger partial charge in [-0.1, -0.05) is 12.1 Å². The van der Waals surface area contributed by atoms with Crippen LogP contribution in [0.25, 0.3) is 0 Å². The Kier molecular flexibility index (Phi) is 5.25. The first-order valence-electron chi connectivity index (χ1n) is 7.10. The molecule has 0 aromatic heterocycles. The molecule has 23 heavy (non-hydrogen) atoms. The normalized spacial score (nSPS) is 12.1. The third-order valence-electron chi connectivity index (χ3n) is 3.16. The Morgan fingerprint density at radius 1 is 1.17 bits per heavy atom. The van der Waals surface area contributed by atoms with Crippen LogP contribution in [0.15, 0.2) is 53.5 Å². The number of carboxylic acids is 1. The minimum absolute atomic E-state index is 0.00361. The Morgan fingerprint density at radius 3 is 2.48 bits per heavy atom. The van der Waals surface area contributed by atoms with Gasteiger partial charge in [0.15, 0.2) is 11.9 Å². The standard InChI is InChI=1S/C18H17NO4/c1-12(20)15-4-3-5-16(10-15)19-11-14-6-8-17(9-7-14)23-13(2)18(21)22/h3-11,13H,1-2H3,(H,21,22). The van der Waals surface area contributed by atoms with Crippen molar-refractivity contribution in [3.63, 3.8) is 0 Å². The maximum Gasteiger partial charge on any atom is 0.344 e. The number of aliphatic carboxylic acids is 1. The zero-order chi connectivity index (χ0) is 16.8. The van der Waals surface area contributed by atoms with E-state index in [1.807, 2.05) is 6.07 Å². The maximum absolute atomic E-state index is 11.3. The summed E-state index contributed by atoms with van der Waals surface area (Å²) in [5.74, 6) is -0.535. The summed E-state index contributed by atoms with van der Waals surface area (Å²) in [6.07, 6.45) is 0.771. The minimum Gasteiger partial charge on any atom is -0.479 e. The molecule has 118 valence electrons. The lowest BCUT2D eigenvalue weighted by Gasteiger charge is -2.09. The first-order chi connectivity index (χ1) is 11.0. The van der Waals surface area contributed by atoms with Crippen LogP contribution in [0.3, 0.4) is 0 Å². The molecule has 0 heterocycles. The number of hydrogen-bond acceptors (Lipinski definition) is 4. The van der Waals surface area contributed by atoms with E-state index in [0.29, 0.717) is 17.0 Å². The highest BCUT2D eigenvalue weighted by atomic mass is 16.5. The lowest BCUT2D eigenvalue weighted by Crippen LogP contribution is -2.22. The van der Waals surface area contributed by atoms with Gasteiger partial charge in [0.1, 0.15) is 5.75 Å². The molecular formula is C18H17NO4. The molecule has 1 atom stereocenters. The molecule has 2 aromatic rings. The van der Waals surface area contributed by atoms with E-state index in [4.69, 9.17) is 9.84 Å². The SMILES string of the molecule is CC(=O)c1cccc(N=Cc2ccc(OC(C)C(=O)O)cc2)c1. The molecule has 0 radical (unpaired) electrons. The van der Waals surface area contributed by atoms with Crippen LogP contribution >= 0.6 is 0 Å². The summed E-state index contributed by atoms with van der Waals surface area (Å²) in [5, 5.41) is 8.80. The number of carbonyl (C=O) groups is 2. The third-order valence-corrected chi connectivity index (χ3v) is 3.16. The van der Waals surface area contributed by atoms with Gasteiger partial charge in [0.2, 0.25) is 0 Å². The summed E-state index contributed by atoms with van der Waals surface area (Å²) in [7, 11) is 0. The van der Waals surface area contributed by atoms with Gasteiger partial charge in [-0.25, -0.2) is 4.79 Å². The summed E-state index contributed by atoms with van der Waals surface area (Å²) < 4.78 is 5.25. The van der Waals surface area contributed by atoms with Crippen LogP contribution in [0.4, 0.5) is 5.69 Å². The van der Waals surface area contributed by atoms with Gasteiger partial charge in [0.25, 0.3) is 0 Å². The van der Waals surface area contributed by atoms with Crippen molar-refractivity contribution in [2.24, 2.45) is 4.99 Å². The number of ether oxygens (including phenoxy) is 1. The predicted molar refractivity (Wildman–Crippen MR) is 87.9 cm³/mol. The van der Waals surface area contributed by atoms with E-state index in [1.54, 1.807) is 48.7 Å². The number of ketones is 1. The molecule has 0 aliphatic heterocycles. The van der Waals surface area contributed by atoms with Crippen molar-refractivity contribution in [1.82, 2.24) is 0 Å². The number of hydrogen-bond donors (Lipinski definition) is 1. The van der Waals surface area contributed by atoms with Gasteiger partial charge in [-0.2, -0.15) is 0 Å². The monoisotopic (exact) mass is 311 g/mol. The Morgan fingerprint density at radius 2 is 1.87 bits per heavy atom. The number of Topliss-reactive ketones (excluding diaryl/α,β-unsaturated/α-hetero) is 1. The van der Waals surface area contributed by atoms with E-state index >= 15 is 0 Å². The predicted octanol–water partition coefficient (Wildman–Crippen LogP) is 3.49. The molecule has 5 heteroatoms. The number of carboxylic acid groups (broad SMARTS) is 1. The van der Waals surface area contributed by atoms with Gasteiger partial charge in [-0.3, -0.25) is 9.79 Å². The van der Waals surface area contributed by atoms with Crippen molar-refractivity contribution in [3.8, 4) is 5.75 Å². The summed E-state index contributed by atoms with van der Waals surface area (Å²) >= 11 is 0. The molecule has 0 bridgehead atoms. The molecule has 2 rings (SSSR count).